The fourth-order valence-corrected chi connectivity index (χ4v) is 2.74. The number of carbonyl (C=O) groups is 1. The molecule has 3 N–H and O–H groups in total. The summed E-state index contributed by atoms with van der Waals surface area (Å²) in [4.78, 5) is 12.1. The maximum absolute atomic E-state index is 12.1. The van der Waals surface area contributed by atoms with Crippen LogP contribution in [0.4, 0.5) is 5.69 Å². The normalized spacial score (nSPS) is 11.1. The fraction of sp³-hybridized carbons (Fsp3) is 0.500. The summed E-state index contributed by atoms with van der Waals surface area (Å²) in [5.74, 6) is -0.405. The summed E-state index contributed by atoms with van der Waals surface area (Å²) in [6.45, 7) is 4.96. The van der Waals surface area contributed by atoms with Crippen molar-refractivity contribution in [1.29, 1.82) is 0 Å². The average molecular weight is 313 g/mol. The van der Waals surface area contributed by atoms with Gasteiger partial charge in [-0.05, 0) is 18.6 Å². The molecule has 0 aromatic heterocycles. The number of hydrogen-bond donors (Lipinski definition) is 3. The van der Waals surface area contributed by atoms with Crippen molar-refractivity contribution in [2.75, 3.05) is 30.7 Å². The molecule has 0 bridgehead atoms. The summed E-state index contributed by atoms with van der Waals surface area (Å²) in [7, 11) is -3.31. The summed E-state index contributed by atoms with van der Waals surface area (Å²) in [6.07, 6.45) is 0.955. The van der Waals surface area contributed by atoms with Gasteiger partial charge < -0.3 is 10.6 Å². The standard InChI is InChI=1S/C14H23N3O3S/c1-3-9-15-13-8-6-5-7-12(13)14(18)16-10-11-21(19,20)17-4-2/h5-8,15,17H,3-4,9-11H2,1-2H3,(H,16,18). The Morgan fingerprint density at radius 2 is 1.86 bits per heavy atom. The number of hydrogen-bond acceptors (Lipinski definition) is 4. The Balaban J connectivity index is 2.60. The predicted octanol–water partition coefficient (Wildman–Crippen LogP) is 1.18. The van der Waals surface area contributed by atoms with Crippen molar-refractivity contribution < 1.29 is 13.2 Å². The molecular formula is C14H23N3O3S. The Kier molecular flexibility index (Phi) is 7.18. The van der Waals surface area contributed by atoms with Gasteiger partial charge in [-0.25, -0.2) is 13.1 Å². The molecule has 0 aliphatic rings. The lowest BCUT2D eigenvalue weighted by atomic mass is 10.1. The van der Waals surface area contributed by atoms with Crippen LogP contribution >= 0.6 is 0 Å². The number of carbonyl (C=O) groups excluding carboxylic acids is 1. The SMILES string of the molecule is CCCNc1ccccc1C(=O)NCCS(=O)(=O)NCC. The van der Waals surface area contributed by atoms with Crippen molar-refractivity contribution in [3.05, 3.63) is 29.8 Å². The number of nitrogens with one attached hydrogen (secondary N) is 3. The molecule has 1 aromatic carbocycles. The molecule has 0 spiro atoms. The Bertz CT molecular complexity index is 558. The number of para-hydroxylation sites is 1. The molecule has 1 rings (SSSR count). The highest BCUT2D eigenvalue weighted by molar-refractivity contribution is 7.89. The molecule has 0 aliphatic heterocycles. The van der Waals surface area contributed by atoms with Gasteiger partial charge in [0.25, 0.3) is 5.91 Å². The van der Waals surface area contributed by atoms with Crippen LogP contribution in [0.1, 0.15) is 30.6 Å². The fourth-order valence-electron chi connectivity index (χ4n) is 1.78. The van der Waals surface area contributed by atoms with Crippen LogP contribution in [0.3, 0.4) is 0 Å². The summed E-state index contributed by atoms with van der Waals surface area (Å²) in [6, 6.07) is 7.18. The molecule has 7 heteroatoms. The third kappa shape index (κ3) is 6.14. The average Bonchev–Trinajstić information content (AvgIpc) is 2.45. The zero-order valence-electron chi connectivity index (χ0n) is 12.5. The van der Waals surface area contributed by atoms with Crippen LogP contribution in [-0.4, -0.2) is 39.7 Å². The number of amides is 1. The van der Waals surface area contributed by atoms with Crippen molar-refractivity contribution in [1.82, 2.24) is 10.0 Å². The molecule has 0 unspecified atom stereocenters. The summed E-state index contributed by atoms with van der Waals surface area (Å²) in [5.41, 5.74) is 1.28. The van der Waals surface area contributed by atoms with Gasteiger partial charge in [0.2, 0.25) is 10.0 Å². The van der Waals surface area contributed by atoms with E-state index in [1.54, 1.807) is 19.1 Å². The number of rotatable bonds is 9. The predicted molar refractivity (Wildman–Crippen MR) is 85.0 cm³/mol. The van der Waals surface area contributed by atoms with Gasteiger partial charge in [0.05, 0.1) is 11.3 Å². The molecule has 0 fully saturated rings. The van der Waals surface area contributed by atoms with Gasteiger partial charge in [-0.1, -0.05) is 26.0 Å². The van der Waals surface area contributed by atoms with Gasteiger partial charge in [-0.15, -0.1) is 0 Å². The Labute approximate surface area is 126 Å². The molecule has 0 saturated carbocycles. The van der Waals surface area contributed by atoms with Crippen LogP contribution in [0.5, 0.6) is 0 Å². The molecule has 0 saturated heterocycles. The van der Waals surface area contributed by atoms with Gasteiger partial charge in [0, 0.05) is 25.3 Å². The Morgan fingerprint density at radius 3 is 2.52 bits per heavy atom. The molecule has 1 aromatic rings. The number of benzene rings is 1. The zero-order chi connectivity index (χ0) is 15.7. The van der Waals surface area contributed by atoms with E-state index < -0.39 is 10.0 Å². The summed E-state index contributed by atoms with van der Waals surface area (Å²) < 4.78 is 25.3. The summed E-state index contributed by atoms with van der Waals surface area (Å²) >= 11 is 0. The topological polar surface area (TPSA) is 87.3 Å². The first-order valence-corrected chi connectivity index (χ1v) is 8.73. The van der Waals surface area contributed by atoms with Crippen LogP contribution in [0.2, 0.25) is 0 Å². The third-order valence-corrected chi connectivity index (χ3v) is 4.23. The first-order valence-electron chi connectivity index (χ1n) is 7.08. The minimum absolute atomic E-state index is 0.0796. The lowest BCUT2D eigenvalue weighted by Crippen LogP contribution is -2.34. The van der Waals surface area contributed by atoms with Crippen molar-refractivity contribution in [2.24, 2.45) is 0 Å². The molecule has 0 atom stereocenters. The summed E-state index contributed by atoms with van der Waals surface area (Å²) in [5, 5.41) is 5.81. The first kappa shape index (κ1) is 17.5. The Morgan fingerprint density at radius 1 is 1.14 bits per heavy atom. The van der Waals surface area contributed by atoms with E-state index in [0.29, 0.717) is 12.1 Å². The monoisotopic (exact) mass is 313 g/mol. The van der Waals surface area contributed by atoms with Crippen molar-refractivity contribution in [3.63, 3.8) is 0 Å². The van der Waals surface area contributed by atoms with E-state index in [-0.39, 0.29) is 18.2 Å². The molecule has 118 valence electrons. The van der Waals surface area contributed by atoms with Crippen LogP contribution in [0, 0.1) is 0 Å². The van der Waals surface area contributed by atoms with E-state index in [4.69, 9.17) is 0 Å². The molecular weight excluding hydrogens is 290 g/mol. The maximum Gasteiger partial charge on any atom is 0.253 e. The number of anilines is 1. The minimum atomic E-state index is -3.31. The first-order chi connectivity index (χ1) is 10.00. The molecule has 6 nitrogen and oxygen atoms in total. The minimum Gasteiger partial charge on any atom is -0.384 e. The quantitative estimate of drug-likeness (QED) is 0.639. The van der Waals surface area contributed by atoms with Gasteiger partial charge in [-0.2, -0.15) is 0 Å². The largest absolute Gasteiger partial charge is 0.384 e. The Hall–Kier alpha value is -1.60. The molecule has 0 radical (unpaired) electrons. The smallest absolute Gasteiger partial charge is 0.253 e. The van der Waals surface area contributed by atoms with E-state index >= 15 is 0 Å². The van der Waals surface area contributed by atoms with E-state index in [2.05, 4.69) is 15.4 Å². The van der Waals surface area contributed by atoms with Crippen LogP contribution < -0.4 is 15.4 Å². The van der Waals surface area contributed by atoms with Crippen molar-refractivity contribution >= 4 is 21.6 Å². The number of sulfonamides is 1. The van der Waals surface area contributed by atoms with E-state index in [9.17, 15) is 13.2 Å². The van der Waals surface area contributed by atoms with Crippen LogP contribution in [-0.2, 0) is 10.0 Å². The lowest BCUT2D eigenvalue weighted by Gasteiger charge is -2.11. The lowest BCUT2D eigenvalue weighted by molar-refractivity contribution is 0.0957. The highest BCUT2D eigenvalue weighted by atomic mass is 32.2. The molecule has 0 aliphatic carbocycles. The van der Waals surface area contributed by atoms with Crippen molar-refractivity contribution in [2.45, 2.75) is 20.3 Å². The third-order valence-electron chi connectivity index (χ3n) is 2.76. The zero-order valence-corrected chi connectivity index (χ0v) is 13.3. The van der Waals surface area contributed by atoms with E-state index in [1.807, 2.05) is 19.1 Å². The molecule has 0 heterocycles. The van der Waals surface area contributed by atoms with E-state index in [1.165, 1.54) is 0 Å². The van der Waals surface area contributed by atoms with Crippen LogP contribution in [0.25, 0.3) is 0 Å². The van der Waals surface area contributed by atoms with E-state index in [0.717, 1.165) is 18.7 Å². The van der Waals surface area contributed by atoms with Crippen LogP contribution in [0.15, 0.2) is 24.3 Å². The van der Waals surface area contributed by atoms with Gasteiger partial charge in [0.15, 0.2) is 0 Å². The second-order valence-electron chi connectivity index (χ2n) is 4.55. The van der Waals surface area contributed by atoms with Gasteiger partial charge in [-0.3, -0.25) is 4.79 Å². The highest BCUT2D eigenvalue weighted by Gasteiger charge is 2.12. The molecule has 1 amide bonds. The maximum atomic E-state index is 12.1. The molecule has 21 heavy (non-hydrogen) atoms. The van der Waals surface area contributed by atoms with Crippen molar-refractivity contribution in [3.8, 4) is 0 Å². The highest BCUT2D eigenvalue weighted by Crippen LogP contribution is 2.14. The second-order valence-corrected chi connectivity index (χ2v) is 6.47. The van der Waals surface area contributed by atoms with Gasteiger partial charge >= 0.3 is 0 Å². The van der Waals surface area contributed by atoms with Gasteiger partial charge in [0.1, 0.15) is 0 Å². The second kappa shape index (κ2) is 8.63.